The van der Waals surface area contributed by atoms with Gasteiger partial charge in [0.1, 0.15) is 11.8 Å². The highest BCUT2D eigenvalue weighted by atomic mass is 35.5. The zero-order chi connectivity index (χ0) is 16.2. The van der Waals surface area contributed by atoms with Crippen LogP contribution < -0.4 is 10.1 Å². The molecule has 0 unspecified atom stereocenters. The predicted octanol–water partition coefficient (Wildman–Crippen LogP) is 4.98. The van der Waals surface area contributed by atoms with E-state index in [9.17, 15) is 5.26 Å². The van der Waals surface area contributed by atoms with Gasteiger partial charge < -0.3 is 10.1 Å². The Morgan fingerprint density at radius 1 is 1.17 bits per heavy atom. The van der Waals surface area contributed by atoms with E-state index in [0.29, 0.717) is 12.2 Å². The third kappa shape index (κ3) is 3.58. The molecule has 0 saturated carbocycles. The van der Waals surface area contributed by atoms with Gasteiger partial charge in [0.25, 0.3) is 0 Å². The van der Waals surface area contributed by atoms with Gasteiger partial charge in [0.15, 0.2) is 0 Å². The van der Waals surface area contributed by atoms with Crippen molar-refractivity contribution in [2.24, 2.45) is 0 Å². The van der Waals surface area contributed by atoms with Crippen LogP contribution in [0.15, 0.2) is 48.7 Å². The molecule has 0 aliphatic carbocycles. The number of nitriles is 1. The van der Waals surface area contributed by atoms with Crippen molar-refractivity contribution in [3.05, 3.63) is 59.8 Å². The number of aryl methyl sites for hydroxylation is 1. The summed E-state index contributed by atoms with van der Waals surface area (Å²) in [5.74, 6) is 0.767. The summed E-state index contributed by atoms with van der Waals surface area (Å²) in [5, 5.41) is 13.6. The van der Waals surface area contributed by atoms with E-state index < -0.39 is 0 Å². The first kappa shape index (κ1) is 17.6. The van der Waals surface area contributed by atoms with Crippen LogP contribution in [0, 0.1) is 18.3 Å². The summed E-state index contributed by atoms with van der Waals surface area (Å²) in [5.41, 5.74) is 4.20. The van der Waals surface area contributed by atoms with Crippen molar-refractivity contribution in [2.45, 2.75) is 13.8 Å². The maximum atomic E-state index is 9.41. The highest BCUT2D eigenvalue weighted by molar-refractivity contribution is 5.96. The maximum Gasteiger partial charge on any atom is 0.120 e. The monoisotopic (exact) mass is 339 g/mol. The van der Waals surface area contributed by atoms with Gasteiger partial charge in [-0.2, -0.15) is 5.26 Å². The summed E-state index contributed by atoms with van der Waals surface area (Å²) in [6.07, 6.45) is 1.60. The zero-order valence-electron chi connectivity index (χ0n) is 13.5. The second kappa shape index (κ2) is 7.67. The predicted molar refractivity (Wildman–Crippen MR) is 99.3 cm³/mol. The number of hydrogen-bond acceptors (Lipinski definition) is 4. The lowest BCUT2D eigenvalue weighted by molar-refractivity contribution is 0.340. The van der Waals surface area contributed by atoms with E-state index in [1.807, 2.05) is 56.3 Å². The number of fused-ring (bicyclic) bond motifs is 1. The summed E-state index contributed by atoms with van der Waals surface area (Å²) in [7, 11) is 0. The van der Waals surface area contributed by atoms with E-state index in [-0.39, 0.29) is 12.4 Å². The van der Waals surface area contributed by atoms with Gasteiger partial charge in [-0.25, -0.2) is 0 Å². The number of rotatable bonds is 4. The molecule has 3 rings (SSSR count). The minimum atomic E-state index is 0. The molecule has 3 aromatic rings. The van der Waals surface area contributed by atoms with Crippen molar-refractivity contribution in [2.75, 3.05) is 11.9 Å². The molecule has 2 aromatic carbocycles. The van der Waals surface area contributed by atoms with Crippen molar-refractivity contribution in [3.8, 4) is 11.8 Å². The van der Waals surface area contributed by atoms with Crippen LogP contribution in [-0.4, -0.2) is 11.6 Å². The molecule has 0 radical (unpaired) electrons. The average molecular weight is 340 g/mol. The summed E-state index contributed by atoms with van der Waals surface area (Å²) < 4.78 is 5.57. The molecule has 1 heterocycles. The number of nitrogens with one attached hydrogen (secondary N) is 1. The molecule has 24 heavy (non-hydrogen) atoms. The summed E-state index contributed by atoms with van der Waals surface area (Å²) in [6.45, 7) is 4.58. The Bertz CT molecular complexity index is 885. The molecule has 122 valence electrons. The quantitative estimate of drug-likeness (QED) is 0.728. The Morgan fingerprint density at radius 3 is 2.58 bits per heavy atom. The molecule has 0 aliphatic heterocycles. The van der Waals surface area contributed by atoms with Gasteiger partial charge in [0.2, 0.25) is 0 Å². The maximum absolute atomic E-state index is 9.41. The largest absolute Gasteiger partial charge is 0.494 e. The van der Waals surface area contributed by atoms with Gasteiger partial charge in [-0.05, 0) is 44.2 Å². The van der Waals surface area contributed by atoms with Crippen LogP contribution in [0.5, 0.6) is 5.75 Å². The normalized spacial score (nSPS) is 9.88. The third-order valence-electron chi connectivity index (χ3n) is 3.59. The van der Waals surface area contributed by atoms with Crippen LogP contribution in [0.4, 0.5) is 11.4 Å². The minimum absolute atomic E-state index is 0. The molecule has 0 fully saturated rings. The topological polar surface area (TPSA) is 57.9 Å². The van der Waals surface area contributed by atoms with Crippen molar-refractivity contribution < 1.29 is 4.74 Å². The highest BCUT2D eigenvalue weighted by Gasteiger charge is 2.10. The molecular weight excluding hydrogens is 322 g/mol. The van der Waals surface area contributed by atoms with Crippen LogP contribution in [0.25, 0.3) is 10.9 Å². The lowest BCUT2D eigenvalue weighted by atomic mass is 10.1. The van der Waals surface area contributed by atoms with Gasteiger partial charge in [0, 0.05) is 17.3 Å². The van der Waals surface area contributed by atoms with Gasteiger partial charge in [-0.1, -0.05) is 17.7 Å². The standard InChI is InChI=1S/C19H17N3O.ClH/c1-3-23-16-8-9-18-17(10-16)19(14(11-20)12-21-18)22-15-6-4-13(2)5-7-15;/h4-10,12H,3H2,1-2H3,(H,21,22);1H. The zero-order valence-corrected chi connectivity index (χ0v) is 14.4. The molecule has 0 amide bonds. The van der Waals surface area contributed by atoms with E-state index in [0.717, 1.165) is 28.0 Å². The summed E-state index contributed by atoms with van der Waals surface area (Å²) in [4.78, 5) is 4.35. The van der Waals surface area contributed by atoms with Crippen molar-refractivity contribution >= 4 is 34.7 Å². The molecule has 4 nitrogen and oxygen atoms in total. The van der Waals surface area contributed by atoms with Gasteiger partial charge in [0.05, 0.1) is 23.4 Å². The van der Waals surface area contributed by atoms with Gasteiger partial charge in [-0.3, -0.25) is 4.98 Å². The molecule has 1 aromatic heterocycles. The first-order valence-corrected chi connectivity index (χ1v) is 7.50. The van der Waals surface area contributed by atoms with Crippen LogP contribution >= 0.6 is 12.4 Å². The summed E-state index contributed by atoms with van der Waals surface area (Å²) in [6, 6.07) is 16.0. The van der Waals surface area contributed by atoms with E-state index in [1.165, 1.54) is 5.56 Å². The first-order chi connectivity index (χ1) is 11.2. The van der Waals surface area contributed by atoms with Crippen LogP contribution in [0.1, 0.15) is 18.1 Å². The van der Waals surface area contributed by atoms with Crippen molar-refractivity contribution in [3.63, 3.8) is 0 Å². The molecule has 5 heteroatoms. The molecule has 0 bridgehead atoms. The summed E-state index contributed by atoms with van der Waals surface area (Å²) >= 11 is 0. The number of ether oxygens (including phenoxy) is 1. The molecule has 0 saturated heterocycles. The van der Waals surface area contributed by atoms with Gasteiger partial charge in [-0.15, -0.1) is 12.4 Å². The second-order valence-electron chi connectivity index (χ2n) is 5.26. The Kier molecular flexibility index (Phi) is 5.62. The minimum Gasteiger partial charge on any atom is -0.494 e. The van der Waals surface area contributed by atoms with Crippen LogP contribution in [-0.2, 0) is 0 Å². The average Bonchev–Trinajstić information content (AvgIpc) is 2.57. The first-order valence-electron chi connectivity index (χ1n) is 7.50. The molecule has 0 aliphatic rings. The SMILES string of the molecule is CCOc1ccc2ncc(C#N)c(Nc3ccc(C)cc3)c2c1.Cl. The van der Waals surface area contributed by atoms with E-state index >= 15 is 0 Å². The Balaban J connectivity index is 0.00000208. The molecule has 0 spiro atoms. The third-order valence-corrected chi connectivity index (χ3v) is 3.59. The second-order valence-corrected chi connectivity index (χ2v) is 5.26. The smallest absolute Gasteiger partial charge is 0.120 e. The fourth-order valence-corrected chi connectivity index (χ4v) is 2.43. The lowest BCUT2D eigenvalue weighted by Crippen LogP contribution is -1.98. The van der Waals surface area contributed by atoms with E-state index in [1.54, 1.807) is 6.20 Å². The number of halogens is 1. The number of benzene rings is 2. The fraction of sp³-hybridized carbons (Fsp3) is 0.158. The van der Waals surface area contributed by atoms with Crippen LogP contribution in [0.2, 0.25) is 0 Å². The number of hydrogen-bond donors (Lipinski definition) is 1. The number of aromatic nitrogens is 1. The highest BCUT2D eigenvalue weighted by Crippen LogP contribution is 2.31. The van der Waals surface area contributed by atoms with Gasteiger partial charge >= 0.3 is 0 Å². The lowest BCUT2D eigenvalue weighted by Gasteiger charge is -2.13. The fourth-order valence-electron chi connectivity index (χ4n) is 2.43. The Morgan fingerprint density at radius 2 is 1.92 bits per heavy atom. The van der Waals surface area contributed by atoms with Crippen molar-refractivity contribution in [1.82, 2.24) is 4.98 Å². The molecular formula is C19H18ClN3O. The van der Waals surface area contributed by atoms with Crippen molar-refractivity contribution in [1.29, 1.82) is 5.26 Å². The van der Waals surface area contributed by atoms with E-state index in [4.69, 9.17) is 4.74 Å². The number of nitrogens with zero attached hydrogens (tertiary/aromatic N) is 2. The number of pyridine rings is 1. The Hall–Kier alpha value is -2.77. The molecule has 1 N–H and O–H groups in total. The van der Waals surface area contributed by atoms with E-state index in [2.05, 4.69) is 16.4 Å². The Labute approximate surface area is 147 Å². The number of anilines is 2. The van der Waals surface area contributed by atoms with Crippen LogP contribution in [0.3, 0.4) is 0 Å². The molecule has 0 atom stereocenters.